The molecule has 124 valence electrons. The summed E-state index contributed by atoms with van der Waals surface area (Å²) in [4.78, 5) is 29.9. The first-order valence-electron chi connectivity index (χ1n) is 7.33. The summed E-state index contributed by atoms with van der Waals surface area (Å²) in [5.41, 5.74) is 6.59. The normalized spacial score (nSPS) is 20.7. The van der Waals surface area contributed by atoms with E-state index >= 15 is 0 Å². The first-order valence-corrected chi connectivity index (χ1v) is 7.33. The predicted octanol–water partition coefficient (Wildman–Crippen LogP) is 1.32. The van der Waals surface area contributed by atoms with Gasteiger partial charge >= 0.3 is 0 Å². The molecule has 0 aliphatic carbocycles. The highest BCUT2D eigenvalue weighted by Gasteiger charge is 2.36. The zero-order valence-corrected chi connectivity index (χ0v) is 13.3. The monoisotopic (exact) mass is 327 g/mol. The van der Waals surface area contributed by atoms with E-state index in [-0.39, 0.29) is 29.9 Å². The van der Waals surface area contributed by atoms with E-state index in [9.17, 15) is 9.59 Å². The molecule has 2 aromatic rings. The molecule has 0 saturated carbocycles. The number of anilines is 1. The van der Waals surface area contributed by atoms with Crippen LogP contribution in [0.2, 0.25) is 0 Å². The fourth-order valence-corrected chi connectivity index (χ4v) is 2.53. The third-order valence-electron chi connectivity index (χ3n) is 3.99. The van der Waals surface area contributed by atoms with E-state index in [1.165, 1.54) is 17.2 Å². The van der Waals surface area contributed by atoms with E-state index in [0.717, 1.165) is 5.56 Å². The maximum absolute atomic E-state index is 12.1. The molecular weight excluding hydrogens is 310 g/mol. The average molecular weight is 327 g/mol. The molecule has 2 amide bonds. The largest absolute Gasteiger partial charge is 0.369 e. The Bertz CT molecular complexity index is 815. The number of hydrogen-bond acceptors (Lipinski definition) is 6. The van der Waals surface area contributed by atoms with Crippen molar-refractivity contribution in [3.8, 4) is 0 Å². The van der Waals surface area contributed by atoms with Gasteiger partial charge in [-0.05, 0) is 24.6 Å². The predicted molar refractivity (Wildman–Crippen MR) is 87.3 cm³/mol. The lowest BCUT2D eigenvalue weighted by Gasteiger charge is -2.33. The molecule has 0 spiro atoms. The molecule has 24 heavy (non-hydrogen) atoms. The lowest BCUT2D eigenvalue weighted by atomic mass is 9.87. The molecule has 8 nitrogen and oxygen atoms in total. The third-order valence-corrected chi connectivity index (χ3v) is 3.99. The van der Waals surface area contributed by atoms with Crippen molar-refractivity contribution in [1.82, 2.24) is 10.1 Å². The standard InChI is InChI=1S/C16H17N5O3/c1-16(9-13(22)21(2)15(17)19-16)10-4-3-5-11(8-10)18-14(23)12-6-7-24-20-12/h3-8H,9H2,1-2H3,(H2,17,19)(H,18,23). The number of guanidine groups is 1. The molecule has 1 aromatic heterocycles. The number of rotatable bonds is 3. The molecule has 1 aromatic carbocycles. The SMILES string of the molecule is CN1C(=O)CC(C)(c2cccc(NC(=O)c3ccon3)c2)N=C1N. The molecule has 0 saturated heterocycles. The van der Waals surface area contributed by atoms with Crippen LogP contribution in [0.3, 0.4) is 0 Å². The zero-order valence-electron chi connectivity index (χ0n) is 13.3. The lowest BCUT2D eigenvalue weighted by Crippen LogP contribution is -2.47. The van der Waals surface area contributed by atoms with Gasteiger partial charge in [0, 0.05) is 18.8 Å². The van der Waals surface area contributed by atoms with Crippen LogP contribution in [0.5, 0.6) is 0 Å². The summed E-state index contributed by atoms with van der Waals surface area (Å²) >= 11 is 0. The Labute approximate surface area is 138 Å². The van der Waals surface area contributed by atoms with Crippen LogP contribution in [0.1, 0.15) is 29.4 Å². The van der Waals surface area contributed by atoms with Crippen molar-refractivity contribution < 1.29 is 14.1 Å². The summed E-state index contributed by atoms with van der Waals surface area (Å²) in [6.45, 7) is 1.84. The van der Waals surface area contributed by atoms with Crippen LogP contribution in [0.25, 0.3) is 0 Å². The fourth-order valence-electron chi connectivity index (χ4n) is 2.53. The third kappa shape index (κ3) is 2.85. The Morgan fingerprint density at radius 3 is 2.88 bits per heavy atom. The highest BCUT2D eigenvalue weighted by atomic mass is 16.5. The van der Waals surface area contributed by atoms with E-state index in [1.807, 2.05) is 13.0 Å². The molecule has 3 N–H and O–H groups in total. The van der Waals surface area contributed by atoms with Gasteiger partial charge in [0.25, 0.3) is 5.91 Å². The molecule has 1 aliphatic rings. The van der Waals surface area contributed by atoms with Crippen LogP contribution >= 0.6 is 0 Å². The molecule has 1 atom stereocenters. The highest BCUT2D eigenvalue weighted by molar-refractivity contribution is 6.03. The molecule has 0 fully saturated rings. The second kappa shape index (κ2) is 5.80. The van der Waals surface area contributed by atoms with E-state index in [1.54, 1.807) is 25.2 Å². The Hall–Kier alpha value is -3.16. The summed E-state index contributed by atoms with van der Waals surface area (Å²) in [6, 6.07) is 8.62. The molecule has 0 radical (unpaired) electrons. The van der Waals surface area contributed by atoms with Gasteiger partial charge < -0.3 is 15.6 Å². The van der Waals surface area contributed by atoms with E-state index in [2.05, 4.69) is 20.0 Å². The summed E-state index contributed by atoms with van der Waals surface area (Å²) in [7, 11) is 1.59. The minimum atomic E-state index is -0.775. The van der Waals surface area contributed by atoms with Crippen LogP contribution in [-0.4, -0.2) is 34.9 Å². The Kier molecular flexibility index (Phi) is 3.80. The number of nitrogens with one attached hydrogen (secondary N) is 1. The molecule has 1 aliphatic heterocycles. The molecule has 1 unspecified atom stereocenters. The van der Waals surface area contributed by atoms with Crippen molar-refractivity contribution >= 4 is 23.5 Å². The molecule has 3 rings (SSSR count). The molecule has 8 heteroatoms. The lowest BCUT2D eigenvalue weighted by molar-refractivity contribution is -0.128. The Morgan fingerprint density at radius 1 is 1.42 bits per heavy atom. The van der Waals surface area contributed by atoms with Gasteiger partial charge in [-0.2, -0.15) is 0 Å². The Morgan fingerprint density at radius 2 is 2.21 bits per heavy atom. The van der Waals surface area contributed by atoms with Crippen LogP contribution in [-0.2, 0) is 10.3 Å². The van der Waals surface area contributed by atoms with Gasteiger partial charge in [-0.1, -0.05) is 17.3 Å². The van der Waals surface area contributed by atoms with Crippen molar-refractivity contribution in [2.24, 2.45) is 10.7 Å². The van der Waals surface area contributed by atoms with Crippen LogP contribution in [0, 0.1) is 0 Å². The number of aliphatic imine (C=N–C) groups is 1. The van der Waals surface area contributed by atoms with E-state index < -0.39 is 5.54 Å². The van der Waals surface area contributed by atoms with Gasteiger partial charge in [0.2, 0.25) is 5.91 Å². The van der Waals surface area contributed by atoms with Crippen LogP contribution in [0.15, 0.2) is 46.1 Å². The van der Waals surface area contributed by atoms with Gasteiger partial charge in [-0.25, -0.2) is 4.99 Å². The first kappa shape index (κ1) is 15.7. The van der Waals surface area contributed by atoms with Crippen LogP contribution < -0.4 is 11.1 Å². The number of carbonyl (C=O) groups is 2. The van der Waals surface area contributed by atoms with Crippen molar-refractivity contribution in [1.29, 1.82) is 0 Å². The second-order valence-electron chi connectivity index (χ2n) is 5.79. The maximum atomic E-state index is 12.1. The topological polar surface area (TPSA) is 114 Å². The van der Waals surface area contributed by atoms with Crippen molar-refractivity contribution in [3.63, 3.8) is 0 Å². The summed E-state index contributed by atoms with van der Waals surface area (Å²) in [6.07, 6.45) is 1.53. The van der Waals surface area contributed by atoms with E-state index in [0.29, 0.717) is 5.69 Å². The van der Waals surface area contributed by atoms with Crippen LogP contribution in [0.4, 0.5) is 5.69 Å². The quantitative estimate of drug-likeness (QED) is 0.882. The number of aromatic nitrogens is 1. The van der Waals surface area contributed by atoms with Crippen molar-refractivity contribution in [2.45, 2.75) is 18.9 Å². The van der Waals surface area contributed by atoms with Gasteiger partial charge in [-0.15, -0.1) is 0 Å². The number of carbonyl (C=O) groups excluding carboxylic acids is 2. The molecule has 0 bridgehead atoms. The van der Waals surface area contributed by atoms with Crippen molar-refractivity contribution in [2.75, 3.05) is 12.4 Å². The van der Waals surface area contributed by atoms with Gasteiger partial charge in [-0.3, -0.25) is 14.5 Å². The summed E-state index contributed by atoms with van der Waals surface area (Å²) in [5, 5.41) is 6.33. The smallest absolute Gasteiger partial charge is 0.277 e. The number of benzene rings is 1. The van der Waals surface area contributed by atoms with Crippen molar-refractivity contribution in [3.05, 3.63) is 47.9 Å². The molecule has 2 heterocycles. The number of nitrogens with two attached hydrogens (primary N) is 1. The van der Waals surface area contributed by atoms with E-state index in [4.69, 9.17) is 5.73 Å². The second-order valence-corrected chi connectivity index (χ2v) is 5.79. The fraction of sp³-hybridized carbons (Fsp3) is 0.250. The summed E-state index contributed by atoms with van der Waals surface area (Å²) in [5.74, 6) is -0.318. The van der Waals surface area contributed by atoms with Gasteiger partial charge in [0.05, 0.1) is 12.0 Å². The average Bonchev–Trinajstić information content (AvgIpc) is 3.07. The van der Waals surface area contributed by atoms with Gasteiger partial charge in [0.1, 0.15) is 6.26 Å². The number of hydrogen-bond donors (Lipinski definition) is 2. The maximum Gasteiger partial charge on any atom is 0.277 e. The van der Waals surface area contributed by atoms with Gasteiger partial charge in [0.15, 0.2) is 11.7 Å². The highest BCUT2D eigenvalue weighted by Crippen LogP contribution is 2.34. The summed E-state index contributed by atoms with van der Waals surface area (Å²) < 4.78 is 4.66. The number of nitrogens with zero attached hydrogens (tertiary/aromatic N) is 3. The zero-order chi connectivity index (χ0) is 17.3. The minimum absolute atomic E-state index is 0.109. The Balaban J connectivity index is 1.88. The number of amides is 2. The molecular formula is C16H17N5O3. The minimum Gasteiger partial charge on any atom is -0.369 e. The first-order chi connectivity index (χ1) is 11.4.